The molecule has 17 heterocycles. The lowest BCUT2D eigenvalue weighted by Gasteiger charge is -2.04. The quantitative estimate of drug-likeness (QED) is 0.135. The number of nitrogens with one attached hydrogen (secondary N) is 4. The summed E-state index contributed by atoms with van der Waals surface area (Å²) < 4.78 is 0. The molecule has 0 aliphatic carbocycles. The van der Waals surface area contributed by atoms with E-state index >= 15 is 0 Å². The fourth-order valence-electron chi connectivity index (χ4n) is 12.5. The summed E-state index contributed by atoms with van der Waals surface area (Å²) in [5, 5.41) is 6.43. The molecule has 24 bridgehead atoms. The van der Waals surface area contributed by atoms with Gasteiger partial charge in [0.2, 0.25) is 0 Å². The molecule has 2 aromatic carbocycles. The van der Waals surface area contributed by atoms with Gasteiger partial charge in [-0.05, 0) is 239 Å². The summed E-state index contributed by atoms with van der Waals surface area (Å²) in [6.45, 7) is 0. The van der Waals surface area contributed by atoms with Gasteiger partial charge in [-0.15, -0.1) is 0 Å². The number of benzene rings is 2. The van der Waals surface area contributed by atoms with Crippen LogP contribution >= 0.6 is 0 Å². The Labute approximate surface area is 526 Å². The van der Waals surface area contributed by atoms with Crippen LogP contribution in [0.15, 0.2) is 195 Å². The SMILES string of the molecule is c1c#cc2cccc(c2)c2c3nc(c(-c4ccncc4)c4ccc([nH]4)c(c#cc#cc4c5nc(c(-c6ccncc6)c6ccc([nH]6)c(c6nc(c(-c7ccncc7)c7ccc4[nH]7)C=C6)c4cccc(c#1)c4)C=C5)c1nc(c(-c4ccncc4)c4ccc2[nH]4)C=C1)C=C3. The van der Waals surface area contributed by atoms with Crippen LogP contribution in [-0.2, 0) is 0 Å². The van der Waals surface area contributed by atoms with Crippen molar-refractivity contribution < 1.29 is 0 Å². The fourth-order valence-corrected chi connectivity index (χ4v) is 12.5. The molecule has 92 heavy (non-hydrogen) atoms. The third-order valence-electron chi connectivity index (χ3n) is 16.6. The minimum absolute atomic E-state index is 0.637. The zero-order valence-corrected chi connectivity index (χ0v) is 48.7. The van der Waals surface area contributed by atoms with Gasteiger partial charge in [-0.3, -0.25) is 19.9 Å². The predicted octanol–water partition coefficient (Wildman–Crippen LogP) is 17.7. The highest BCUT2D eigenvalue weighted by Crippen LogP contribution is 2.38. The van der Waals surface area contributed by atoms with Crippen LogP contribution in [0.5, 0.6) is 0 Å². The van der Waals surface area contributed by atoms with E-state index in [4.69, 9.17) is 19.9 Å². The zero-order chi connectivity index (χ0) is 60.9. The first-order valence-electron chi connectivity index (χ1n) is 29.8. The lowest BCUT2D eigenvalue weighted by atomic mass is 10.1. The second kappa shape index (κ2) is 22.3. The van der Waals surface area contributed by atoms with Gasteiger partial charge in [-0.2, -0.15) is 0 Å². The molecule has 0 fully saturated rings. The number of hydrogen-bond acceptors (Lipinski definition) is 8. The number of pyridine rings is 4. The molecule has 19 rings (SSSR count). The molecule has 0 radical (unpaired) electrons. The normalized spacial score (nSPS) is 11.8. The van der Waals surface area contributed by atoms with Gasteiger partial charge in [0.1, 0.15) is 0 Å². The van der Waals surface area contributed by atoms with E-state index in [0.29, 0.717) is 22.2 Å². The molecule has 12 nitrogen and oxygen atoms in total. The maximum atomic E-state index is 5.50. The molecule has 4 aliphatic rings. The van der Waals surface area contributed by atoms with E-state index in [1.54, 1.807) is 49.6 Å². The minimum Gasteiger partial charge on any atom is -0.354 e. The smallest absolute Gasteiger partial charge is 0.0815 e. The van der Waals surface area contributed by atoms with E-state index in [-0.39, 0.29) is 0 Å². The van der Waals surface area contributed by atoms with Crippen molar-refractivity contribution in [2.45, 2.75) is 0 Å². The van der Waals surface area contributed by atoms with E-state index in [2.05, 4.69) is 173 Å². The average molecular weight is 1170 g/mol. The highest BCUT2D eigenvalue weighted by molar-refractivity contribution is 6.08. The highest BCUT2D eigenvalue weighted by Gasteiger charge is 2.19. The van der Waals surface area contributed by atoms with Gasteiger partial charge in [0.05, 0.1) is 67.4 Å². The molecule has 0 amide bonds. The van der Waals surface area contributed by atoms with Crippen LogP contribution < -0.4 is 0 Å². The summed E-state index contributed by atoms with van der Waals surface area (Å²) in [5.41, 5.74) is 19.5. The minimum atomic E-state index is 0.637. The molecule has 4 aliphatic heterocycles. The van der Waals surface area contributed by atoms with Gasteiger partial charge in [-0.1, -0.05) is 36.4 Å². The van der Waals surface area contributed by atoms with E-state index in [9.17, 15) is 0 Å². The van der Waals surface area contributed by atoms with Gasteiger partial charge in [0.15, 0.2) is 0 Å². The van der Waals surface area contributed by atoms with Crippen LogP contribution in [0.25, 0.3) is 180 Å². The van der Waals surface area contributed by atoms with Gasteiger partial charge >= 0.3 is 0 Å². The van der Waals surface area contributed by atoms with E-state index in [1.165, 1.54) is 0 Å². The second-order valence-corrected chi connectivity index (χ2v) is 22.1. The van der Waals surface area contributed by atoms with Crippen LogP contribution in [0.3, 0.4) is 0 Å². The molecular formula is C80H44N12. The molecule has 0 saturated heterocycles. The number of rotatable bonds is 4. The Bertz CT molecular complexity index is 5440. The largest absolute Gasteiger partial charge is 0.354 e. The van der Waals surface area contributed by atoms with Crippen LogP contribution in [-0.4, -0.2) is 59.8 Å². The topological polar surface area (TPSA) is 166 Å². The Balaban J connectivity index is 1.05. The van der Waals surface area contributed by atoms with Crippen LogP contribution in [0.1, 0.15) is 45.6 Å². The Morgan fingerprint density at radius 3 is 0.891 bits per heavy atom. The van der Waals surface area contributed by atoms with Crippen molar-refractivity contribution in [2.24, 2.45) is 0 Å². The van der Waals surface area contributed by atoms with Crippen molar-refractivity contribution >= 4 is 136 Å². The van der Waals surface area contributed by atoms with Gasteiger partial charge in [-0.25, -0.2) is 19.9 Å². The van der Waals surface area contributed by atoms with E-state index < -0.39 is 0 Å². The van der Waals surface area contributed by atoms with Gasteiger partial charge in [0, 0.05) is 126 Å². The number of nitrogens with zero attached hydrogens (tertiary/aromatic N) is 8. The lowest BCUT2D eigenvalue weighted by molar-refractivity contribution is 1.31. The second-order valence-electron chi connectivity index (χ2n) is 22.1. The first-order valence-corrected chi connectivity index (χ1v) is 29.8. The first kappa shape index (κ1) is 52.8. The maximum absolute atomic E-state index is 5.50. The van der Waals surface area contributed by atoms with Crippen LogP contribution in [0, 0.1) is 48.5 Å². The summed E-state index contributed by atoms with van der Waals surface area (Å²) >= 11 is 0. The Morgan fingerprint density at radius 1 is 0.250 bits per heavy atom. The third-order valence-corrected chi connectivity index (χ3v) is 16.6. The molecule has 0 spiro atoms. The molecule has 0 atom stereocenters. The van der Waals surface area contributed by atoms with E-state index in [1.807, 2.05) is 109 Å². The van der Waals surface area contributed by atoms with Crippen molar-refractivity contribution in [3.05, 3.63) is 289 Å². The molecule has 0 unspecified atom stereocenters. The number of H-pyrrole nitrogens is 4. The highest BCUT2D eigenvalue weighted by atomic mass is 14.8. The number of aromatic nitrogens is 12. The van der Waals surface area contributed by atoms with Crippen molar-refractivity contribution in [1.82, 2.24) is 59.8 Å². The summed E-state index contributed by atoms with van der Waals surface area (Å²) in [4.78, 5) is 54.8. The summed E-state index contributed by atoms with van der Waals surface area (Å²) in [6.07, 6.45) is 30.8. The number of aromatic amines is 4. The average Bonchev–Trinajstić information content (AvgIpc) is 1.80. The molecule has 12 heteroatoms. The van der Waals surface area contributed by atoms with Gasteiger partial charge < -0.3 is 19.9 Å². The fraction of sp³-hybridized carbons (Fsp3) is 0. The molecular weight excluding hydrogens is 1130 g/mol. The molecule has 15 aromatic rings. The van der Waals surface area contributed by atoms with Crippen molar-refractivity contribution in [3.63, 3.8) is 0 Å². The monoisotopic (exact) mass is 1170 g/mol. The van der Waals surface area contributed by atoms with Crippen molar-refractivity contribution in [1.29, 1.82) is 0 Å². The molecule has 13 aromatic heterocycles. The Morgan fingerprint density at radius 2 is 0.533 bits per heavy atom. The standard InChI is InChI=1S/C80H44N12/c1-2-8-50-10-6-12-56(48-50)80-73-29-25-69(91-73)77(53-35-43-83-44-36-53)65-21-17-61(87-65)58(62-18-22-66(88-62)78(54-37-45-84-46-38-54)70-26-30-74(80)92-70)14-4-3-13-57-59-15-19-63(85-59)75(51-31-39-81-40-32-51)67-23-27-71(89-67)79(55-11-5-9-49(7-1)47-55)72-28-24-68(90-72)76(52-33-41-82-42-34-52)64-20-16-60(57)86-64/h5-6,9-12,15-48,85,87,90,92H. The van der Waals surface area contributed by atoms with Crippen molar-refractivity contribution in [3.8, 4) is 44.5 Å². The summed E-state index contributed by atoms with van der Waals surface area (Å²) in [7, 11) is 0. The maximum Gasteiger partial charge on any atom is 0.0815 e. The van der Waals surface area contributed by atoms with Crippen molar-refractivity contribution in [2.75, 3.05) is 0 Å². The van der Waals surface area contributed by atoms with Gasteiger partial charge in [0.25, 0.3) is 0 Å². The Hall–Kier alpha value is -13.5. The van der Waals surface area contributed by atoms with E-state index in [0.717, 1.165) is 155 Å². The van der Waals surface area contributed by atoms with Crippen LogP contribution in [0.4, 0.5) is 0 Å². The summed E-state index contributed by atoms with van der Waals surface area (Å²) in [6, 6.07) is 75.9. The Kier molecular flexibility index (Phi) is 12.8. The third kappa shape index (κ3) is 9.65. The zero-order valence-electron chi connectivity index (χ0n) is 48.7. The summed E-state index contributed by atoms with van der Waals surface area (Å²) in [5.74, 6) is 0. The first-order chi connectivity index (χ1) is 45.6. The molecule has 4 N–H and O–H groups in total. The molecule has 0 saturated carbocycles. The predicted molar refractivity (Wildman–Crippen MR) is 369 cm³/mol. The lowest BCUT2D eigenvalue weighted by Crippen LogP contribution is -1.87. The number of hydrogen-bond donors (Lipinski definition) is 4. The van der Waals surface area contributed by atoms with Crippen LogP contribution in [0.2, 0.25) is 0 Å². The molecule has 424 valence electrons.